The molecule has 186 valence electrons. The van der Waals surface area contributed by atoms with Gasteiger partial charge in [0, 0.05) is 3.57 Å². The molecule has 0 fully saturated rings. The van der Waals surface area contributed by atoms with Crippen LogP contribution >= 0.6 is 22.6 Å². The third-order valence-corrected chi connectivity index (χ3v) is 9.24. The summed E-state index contributed by atoms with van der Waals surface area (Å²) in [6.45, 7) is 14.2. The number of ether oxygens (including phenoxy) is 1. The van der Waals surface area contributed by atoms with E-state index in [4.69, 9.17) is 4.74 Å². The molecule has 0 heterocycles. The van der Waals surface area contributed by atoms with Crippen molar-refractivity contribution in [1.82, 2.24) is 0 Å². The third kappa shape index (κ3) is 6.74. The highest BCUT2D eigenvalue weighted by atomic mass is 127. The highest BCUT2D eigenvalue weighted by Crippen LogP contribution is 2.35. The summed E-state index contributed by atoms with van der Waals surface area (Å²) >= 11 is 2.33. The smallest absolute Gasteiger partial charge is 0.166 e. The van der Waals surface area contributed by atoms with Crippen LogP contribution in [0.2, 0.25) is 0 Å². The summed E-state index contributed by atoms with van der Waals surface area (Å²) in [7, 11) is -0.192. The van der Waals surface area contributed by atoms with Crippen molar-refractivity contribution in [3.8, 4) is 5.75 Å². The molecular formula is C33H36IOS+. The number of benzene rings is 4. The summed E-state index contributed by atoms with van der Waals surface area (Å²) in [4.78, 5) is 3.96. The Morgan fingerprint density at radius 3 is 1.33 bits per heavy atom. The molecule has 4 aromatic rings. The standard InChI is InChI=1S/C33H36IOS/c1-32(2,3)25-9-17-29(18-10-25)36(30-19-11-26(12-20-30)33(4,5)6)31-21-15-28(16-22-31)35-23-24-7-13-27(34)14-8-24/h7-22H,23H2,1-6H3/q+1. The minimum absolute atomic E-state index is 0.140. The van der Waals surface area contributed by atoms with E-state index in [1.165, 1.54) is 34.9 Å². The molecule has 0 amide bonds. The zero-order valence-electron chi connectivity index (χ0n) is 22.1. The molecule has 0 aliphatic rings. The van der Waals surface area contributed by atoms with E-state index in [0.29, 0.717) is 6.61 Å². The first-order valence-electron chi connectivity index (χ1n) is 12.4. The van der Waals surface area contributed by atoms with Gasteiger partial charge in [-0.3, -0.25) is 0 Å². The molecule has 0 aliphatic heterocycles. The SMILES string of the molecule is CC(C)(C)c1ccc([S+](c2ccc(OCc3ccc(I)cc3)cc2)c2ccc(C(C)(C)C)cc2)cc1. The molecule has 0 radical (unpaired) electrons. The summed E-state index contributed by atoms with van der Waals surface area (Å²) < 4.78 is 7.32. The van der Waals surface area contributed by atoms with Gasteiger partial charge in [0.1, 0.15) is 12.4 Å². The molecule has 36 heavy (non-hydrogen) atoms. The Kier molecular flexibility index (Phi) is 8.21. The van der Waals surface area contributed by atoms with Gasteiger partial charge in [0.25, 0.3) is 0 Å². The molecule has 0 saturated heterocycles. The van der Waals surface area contributed by atoms with E-state index < -0.39 is 0 Å². The predicted octanol–water partition coefficient (Wildman–Crippen LogP) is 9.56. The first-order valence-corrected chi connectivity index (χ1v) is 14.7. The lowest BCUT2D eigenvalue weighted by molar-refractivity contribution is 0.306. The number of hydrogen-bond donors (Lipinski definition) is 0. The van der Waals surface area contributed by atoms with Crippen LogP contribution in [-0.4, -0.2) is 0 Å². The van der Waals surface area contributed by atoms with Crippen LogP contribution < -0.4 is 4.74 Å². The molecule has 0 unspecified atom stereocenters. The highest BCUT2D eigenvalue weighted by molar-refractivity contribution is 14.1. The molecule has 1 nitrogen and oxygen atoms in total. The fraction of sp³-hybridized carbons (Fsp3) is 0.273. The van der Waals surface area contributed by atoms with Gasteiger partial charge in [-0.25, -0.2) is 0 Å². The number of rotatable bonds is 6. The van der Waals surface area contributed by atoms with Crippen molar-refractivity contribution in [2.75, 3.05) is 0 Å². The first-order chi connectivity index (χ1) is 17.0. The highest BCUT2D eigenvalue weighted by Gasteiger charge is 2.30. The fourth-order valence-electron chi connectivity index (χ4n) is 4.01. The largest absolute Gasteiger partial charge is 0.489 e. The lowest BCUT2D eigenvalue weighted by atomic mass is 9.87. The van der Waals surface area contributed by atoms with Crippen molar-refractivity contribution in [3.63, 3.8) is 0 Å². The third-order valence-electron chi connectivity index (χ3n) is 6.29. The second kappa shape index (κ2) is 11.0. The minimum atomic E-state index is -0.192. The van der Waals surface area contributed by atoms with Crippen molar-refractivity contribution in [2.45, 2.75) is 73.7 Å². The molecule has 0 atom stereocenters. The van der Waals surface area contributed by atoms with Gasteiger partial charge in [-0.15, -0.1) is 0 Å². The van der Waals surface area contributed by atoms with Crippen LogP contribution in [0.1, 0.15) is 58.2 Å². The van der Waals surface area contributed by atoms with E-state index in [0.717, 1.165) is 5.75 Å². The van der Waals surface area contributed by atoms with Gasteiger partial charge in [0.05, 0.1) is 10.9 Å². The van der Waals surface area contributed by atoms with Crippen molar-refractivity contribution in [3.05, 3.63) is 117 Å². The quantitative estimate of drug-likeness (QED) is 0.157. The maximum Gasteiger partial charge on any atom is 0.166 e. The zero-order chi connectivity index (χ0) is 25.9. The van der Waals surface area contributed by atoms with Crippen LogP contribution in [0.4, 0.5) is 0 Å². The van der Waals surface area contributed by atoms with Crippen LogP contribution in [0, 0.1) is 3.57 Å². The lowest BCUT2D eigenvalue weighted by Gasteiger charge is -2.20. The summed E-state index contributed by atoms with van der Waals surface area (Å²) in [5, 5.41) is 0. The Balaban J connectivity index is 1.63. The average Bonchev–Trinajstić information content (AvgIpc) is 2.84. The second-order valence-electron chi connectivity index (χ2n) is 11.2. The maximum absolute atomic E-state index is 6.09. The summed E-state index contributed by atoms with van der Waals surface area (Å²) in [5.74, 6) is 0.895. The van der Waals surface area contributed by atoms with Gasteiger partial charge in [0.2, 0.25) is 0 Å². The van der Waals surface area contributed by atoms with Gasteiger partial charge in [-0.2, -0.15) is 0 Å². The molecule has 0 N–H and O–H groups in total. The topological polar surface area (TPSA) is 9.23 Å². The van der Waals surface area contributed by atoms with Gasteiger partial charge in [-0.1, -0.05) is 77.9 Å². The monoisotopic (exact) mass is 607 g/mol. The van der Waals surface area contributed by atoms with Gasteiger partial charge >= 0.3 is 0 Å². The van der Waals surface area contributed by atoms with E-state index in [-0.39, 0.29) is 21.7 Å². The maximum atomic E-state index is 6.09. The van der Waals surface area contributed by atoms with E-state index in [1.54, 1.807) is 0 Å². The normalized spacial score (nSPS) is 12.1. The molecule has 4 aromatic carbocycles. The van der Waals surface area contributed by atoms with Crippen LogP contribution in [0.15, 0.2) is 112 Å². The van der Waals surface area contributed by atoms with E-state index >= 15 is 0 Å². The molecule has 0 aliphatic carbocycles. The summed E-state index contributed by atoms with van der Waals surface area (Å²) in [6, 6.07) is 35.5. The zero-order valence-corrected chi connectivity index (χ0v) is 25.1. The lowest BCUT2D eigenvalue weighted by Crippen LogP contribution is -2.13. The fourth-order valence-corrected chi connectivity index (χ4v) is 6.41. The molecule has 0 bridgehead atoms. The van der Waals surface area contributed by atoms with Gasteiger partial charge < -0.3 is 4.74 Å². The number of hydrogen-bond acceptors (Lipinski definition) is 1. The molecular weight excluding hydrogens is 571 g/mol. The first kappa shape index (κ1) is 26.8. The van der Waals surface area contributed by atoms with Crippen molar-refractivity contribution in [2.24, 2.45) is 0 Å². The van der Waals surface area contributed by atoms with E-state index in [2.05, 4.69) is 161 Å². The molecule has 0 spiro atoms. The van der Waals surface area contributed by atoms with E-state index in [1.807, 2.05) is 0 Å². The Labute approximate surface area is 233 Å². The van der Waals surface area contributed by atoms with Crippen molar-refractivity contribution >= 4 is 33.5 Å². The minimum Gasteiger partial charge on any atom is -0.489 e. The molecule has 0 saturated carbocycles. The Bertz CT molecular complexity index is 1200. The van der Waals surface area contributed by atoms with Crippen LogP contribution in [-0.2, 0) is 28.3 Å². The van der Waals surface area contributed by atoms with Crippen molar-refractivity contribution < 1.29 is 4.74 Å². The Morgan fingerprint density at radius 2 is 0.944 bits per heavy atom. The second-order valence-corrected chi connectivity index (χ2v) is 14.5. The molecule has 0 aromatic heterocycles. The van der Waals surface area contributed by atoms with Crippen LogP contribution in [0.3, 0.4) is 0 Å². The average molecular weight is 608 g/mol. The van der Waals surface area contributed by atoms with Crippen LogP contribution in [0.5, 0.6) is 5.75 Å². The Morgan fingerprint density at radius 1 is 0.556 bits per heavy atom. The summed E-state index contributed by atoms with van der Waals surface area (Å²) in [5.41, 5.74) is 4.18. The van der Waals surface area contributed by atoms with E-state index in [9.17, 15) is 0 Å². The van der Waals surface area contributed by atoms with Crippen molar-refractivity contribution in [1.29, 1.82) is 0 Å². The molecule has 4 rings (SSSR count). The predicted molar refractivity (Wildman–Crippen MR) is 162 cm³/mol. The van der Waals surface area contributed by atoms with Crippen LogP contribution in [0.25, 0.3) is 0 Å². The Hall–Kier alpha value is -2.24. The molecule has 3 heteroatoms. The number of halogens is 1. The summed E-state index contributed by atoms with van der Waals surface area (Å²) in [6.07, 6.45) is 0. The van der Waals surface area contributed by atoms with Gasteiger partial charge in [-0.05, 0) is 111 Å². The van der Waals surface area contributed by atoms with Gasteiger partial charge in [0.15, 0.2) is 14.7 Å².